The van der Waals surface area contributed by atoms with Gasteiger partial charge < -0.3 is 14.2 Å². The van der Waals surface area contributed by atoms with Crippen LogP contribution in [-0.2, 0) is 16.0 Å². The van der Waals surface area contributed by atoms with E-state index in [-0.39, 0.29) is 11.6 Å². The summed E-state index contributed by atoms with van der Waals surface area (Å²) in [5.41, 5.74) is 4.78. The van der Waals surface area contributed by atoms with Crippen LogP contribution < -0.4 is 9.47 Å². The molecule has 1 aliphatic carbocycles. The Bertz CT molecular complexity index is 1180. The SMILES string of the molecule is CC(CCCc1ccccc1)C1CC2=C(CC1C)c1c(OC(=O)CCCN3CCOCC3)cccc1OC2(C)C. The fourth-order valence-corrected chi connectivity index (χ4v) is 7.03. The van der Waals surface area contributed by atoms with Gasteiger partial charge in [0.25, 0.3) is 0 Å². The molecular formula is C35H47NO4. The largest absolute Gasteiger partial charge is 0.483 e. The number of morpholine rings is 1. The van der Waals surface area contributed by atoms with Crippen molar-refractivity contribution in [2.24, 2.45) is 17.8 Å². The van der Waals surface area contributed by atoms with Crippen molar-refractivity contribution in [3.05, 3.63) is 65.2 Å². The highest BCUT2D eigenvalue weighted by molar-refractivity contribution is 5.83. The number of ether oxygens (including phenoxy) is 3. The lowest BCUT2D eigenvalue weighted by molar-refractivity contribution is -0.134. The summed E-state index contributed by atoms with van der Waals surface area (Å²) < 4.78 is 18.1. The standard InChI is InChI=1S/C35H47NO4/c1-25(11-8-14-27-12-6-5-7-13-27)28-24-30-29(23-26(28)2)34-31(15-9-16-32(34)40-35(30,3)4)39-33(37)17-10-18-36-19-21-38-22-20-36/h5-7,9,12-13,15-16,25-26,28H,8,10-11,14,17-24H2,1-4H3. The molecule has 0 bridgehead atoms. The maximum atomic E-state index is 12.9. The van der Waals surface area contributed by atoms with Gasteiger partial charge in [0, 0.05) is 19.5 Å². The van der Waals surface area contributed by atoms with Gasteiger partial charge in [0.2, 0.25) is 0 Å². The molecule has 0 N–H and O–H groups in total. The van der Waals surface area contributed by atoms with E-state index in [9.17, 15) is 4.79 Å². The summed E-state index contributed by atoms with van der Waals surface area (Å²) in [5.74, 6) is 3.15. The molecule has 1 saturated heterocycles. The quantitative estimate of drug-likeness (QED) is 0.231. The first-order valence-electron chi connectivity index (χ1n) is 15.4. The van der Waals surface area contributed by atoms with Gasteiger partial charge in [-0.3, -0.25) is 9.69 Å². The van der Waals surface area contributed by atoms with Gasteiger partial charge in [0.15, 0.2) is 0 Å². The van der Waals surface area contributed by atoms with Crippen molar-refractivity contribution in [1.29, 1.82) is 0 Å². The van der Waals surface area contributed by atoms with Crippen LogP contribution in [0.2, 0.25) is 0 Å². The van der Waals surface area contributed by atoms with Gasteiger partial charge in [0.1, 0.15) is 17.1 Å². The maximum absolute atomic E-state index is 12.9. The molecule has 0 spiro atoms. The van der Waals surface area contributed by atoms with Crippen molar-refractivity contribution in [1.82, 2.24) is 4.90 Å². The third kappa shape index (κ3) is 6.80. The molecule has 5 heteroatoms. The normalized spacial score (nSPS) is 23.1. The van der Waals surface area contributed by atoms with E-state index in [0.29, 0.717) is 29.9 Å². The molecule has 0 saturated carbocycles. The molecular weight excluding hydrogens is 498 g/mol. The van der Waals surface area contributed by atoms with Gasteiger partial charge in [-0.1, -0.05) is 56.7 Å². The number of hydrogen-bond acceptors (Lipinski definition) is 5. The number of esters is 1. The number of benzene rings is 2. The number of allylic oxidation sites excluding steroid dienone is 1. The molecule has 2 heterocycles. The van der Waals surface area contributed by atoms with Crippen LogP contribution in [0, 0.1) is 17.8 Å². The number of rotatable bonds is 10. The Hall–Kier alpha value is -2.63. The third-order valence-electron chi connectivity index (χ3n) is 9.32. The Kier molecular flexibility index (Phi) is 9.32. The highest BCUT2D eigenvalue weighted by Gasteiger charge is 2.42. The van der Waals surface area contributed by atoms with Gasteiger partial charge in [-0.25, -0.2) is 0 Å². The fraction of sp³-hybridized carbons (Fsp3) is 0.571. The Morgan fingerprint density at radius 2 is 1.82 bits per heavy atom. The average molecular weight is 546 g/mol. The third-order valence-corrected chi connectivity index (χ3v) is 9.32. The lowest BCUT2D eigenvalue weighted by Gasteiger charge is -2.45. The molecule has 0 radical (unpaired) electrons. The molecule has 3 atom stereocenters. The predicted octanol–water partition coefficient (Wildman–Crippen LogP) is 7.33. The number of aryl methyl sites for hydroxylation is 1. The van der Waals surface area contributed by atoms with E-state index < -0.39 is 0 Å². The summed E-state index contributed by atoms with van der Waals surface area (Å²) in [7, 11) is 0. The van der Waals surface area contributed by atoms with E-state index in [1.807, 2.05) is 18.2 Å². The van der Waals surface area contributed by atoms with E-state index in [0.717, 1.165) is 69.8 Å². The minimum atomic E-state index is -0.370. The lowest BCUT2D eigenvalue weighted by atomic mass is 9.65. The van der Waals surface area contributed by atoms with Gasteiger partial charge >= 0.3 is 5.97 Å². The van der Waals surface area contributed by atoms with Crippen LogP contribution in [0.1, 0.15) is 77.3 Å². The van der Waals surface area contributed by atoms with Crippen molar-refractivity contribution < 1.29 is 19.0 Å². The molecule has 2 aromatic rings. The average Bonchev–Trinajstić information content (AvgIpc) is 2.93. The summed E-state index contributed by atoms with van der Waals surface area (Å²) in [5, 5.41) is 0. The highest BCUT2D eigenvalue weighted by Crippen LogP contribution is 2.54. The number of carbonyl (C=O) groups excluding carboxylic acids is 1. The van der Waals surface area contributed by atoms with Gasteiger partial charge in [0.05, 0.1) is 18.8 Å². The van der Waals surface area contributed by atoms with Gasteiger partial charge in [-0.15, -0.1) is 0 Å². The first kappa shape index (κ1) is 28.9. The van der Waals surface area contributed by atoms with Gasteiger partial charge in [-0.05, 0) is 99.1 Å². The molecule has 0 amide bonds. The second kappa shape index (κ2) is 12.9. The minimum absolute atomic E-state index is 0.164. The zero-order valence-electron chi connectivity index (χ0n) is 24.9. The minimum Gasteiger partial charge on any atom is -0.483 e. The summed E-state index contributed by atoms with van der Waals surface area (Å²) in [6, 6.07) is 16.7. The fourth-order valence-electron chi connectivity index (χ4n) is 7.03. The molecule has 216 valence electrons. The second-order valence-corrected chi connectivity index (χ2v) is 12.6. The Morgan fingerprint density at radius 1 is 1.05 bits per heavy atom. The smallest absolute Gasteiger partial charge is 0.311 e. The topological polar surface area (TPSA) is 48.0 Å². The number of hydrogen-bond donors (Lipinski definition) is 0. The van der Waals surface area contributed by atoms with Crippen LogP contribution in [0.15, 0.2) is 54.1 Å². The van der Waals surface area contributed by atoms with E-state index in [1.54, 1.807) is 0 Å². The molecule has 1 fully saturated rings. The molecule has 40 heavy (non-hydrogen) atoms. The summed E-state index contributed by atoms with van der Waals surface area (Å²) in [4.78, 5) is 15.3. The summed E-state index contributed by atoms with van der Waals surface area (Å²) in [6.07, 6.45) is 6.84. The number of nitrogens with zero attached hydrogens (tertiary/aromatic N) is 1. The summed E-state index contributed by atoms with van der Waals surface area (Å²) >= 11 is 0. The number of carbonyl (C=O) groups is 1. The van der Waals surface area contributed by atoms with Crippen LogP contribution in [-0.4, -0.2) is 49.3 Å². The Labute approximate surface area is 240 Å². The molecule has 3 aliphatic rings. The van der Waals surface area contributed by atoms with Crippen LogP contribution in [0.5, 0.6) is 11.5 Å². The Balaban J connectivity index is 1.27. The lowest BCUT2D eigenvalue weighted by Crippen LogP contribution is -2.40. The van der Waals surface area contributed by atoms with Gasteiger partial charge in [-0.2, -0.15) is 0 Å². The molecule has 2 aromatic carbocycles. The van der Waals surface area contributed by atoms with E-state index >= 15 is 0 Å². The van der Waals surface area contributed by atoms with Crippen molar-refractivity contribution in [2.75, 3.05) is 32.8 Å². The van der Waals surface area contributed by atoms with Crippen molar-refractivity contribution in [2.45, 2.75) is 78.2 Å². The molecule has 3 unspecified atom stereocenters. The first-order chi connectivity index (χ1) is 19.3. The van der Waals surface area contributed by atoms with Crippen LogP contribution >= 0.6 is 0 Å². The predicted molar refractivity (Wildman–Crippen MR) is 161 cm³/mol. The van der Waals surface area contributed by atoms with Crippen molar-refractivity contribution in [3.63, 3.8) is 0 Å². The molecule has 2 aliphatic heterocycles. The second-order valence-electron chi connectivity index (χ2n) is 12.6. The molecule has 5 nitrogen and oxygen atoms in total. The highest BCUT2D eigenvalue weighted by atomic mass is 16.5. The molecule has 5 rings (SSSR count). The Morgan fingerprint density at radius 3 is 2.60 bits per heavy atom. The van der Waals surface area contributed by atoms with Crippen LogP contribution in [0.4, 0.5) is 0 Å². The molecule has 0 aromatic heterocycles. The first-order valence-corrected chi connectivity index (χ1v) is 15.4. The number of fused-ring (bicyclic) bond motifs is 2. The summed E-state index contributed by atoms with van der Waals surface area (Å²) in [6.45, 7) is 13.6. The zero-order valence-corrected chi connectivity index (χ0v) is 24.9. The monoisotopic (exact) mass is 545 g/mol. The van der Waals surface area contributed by atoms with Crippen molar-refractivity contribution >= 4 is 11.5 Å². The maximum Gasteiger partial charge on any atom is 0.311 e. The van der Waals surface area contributed by atoms with Crippen molar-refractivity contribution in [3.8, 4) is 11.5 Å². The van der Waals surface area contributed by atoms with Crippen LogP contribution in [0.25, 0.3) is 5.57 Å². The van der Waals surface area contributed by atoms with E-state index in [1.165, 1.54) is 29.6 Å². The van der Waals surface area contributed by atoms with E-state index in [4.69, 9.17) is 14.2 Å². The van der Waals surface area contributed by atoms with E-state index in [2.05, 4.69) is 62.9 Å². The zero-order chi connectivity index (χ0) is 28.1. The van der Waals surface area contributed by atoms with Crippen LogP contribution in [0.3, 0.4) is 0 Å².